The lowest BCUT2D eigenvalue weighted by Crippen LogP contribution is -2.17. The molecule has 0 aliphatic rings. The Bertz CT molecular complexity index is 950. The maximum absolute atomic E-state index is 12.4. The van der Waals surface area contributed by atoms with Crippen molar-refractivity contribution >= 4 is 23.4 Å². The maximum atomic E-state index is 12.4. The van der Waals surface area contributed by atoms with Gasteiger partial charge in [0.1, 0.15) is 0 Å². The predicted molar refractivity (Wildman–Crippen MR) is 108 cm³/mol. The summed E-state index contributed by atoms with van der Waals surface area (Å²) >= 11 is 1.48. The van der Waals surface area contributed by atoms with Crippen LogP contribution in [-0.4, -0.2) is 20.7 Å². The van der Waals surface area contributed by atoms with Crippen LogP contribution >= 0.6 is 11.8 Å². The summed E-state index contributed by atoms with van der Waals surface area (Å²) in [6.07, 6.45) is 1.95. The molecule has 6 nitrogen and oxygen atoms in total. The topological polar surface area (TPSA) is 79.8 Å². The number of hydrogen-bond donors (Lipinski definition) is 2. The second-order valence-corrected chi connectivity index (χ2v) is 7.07. The van der Waals surface area contributed by atoms with Crippen LogP contribution in [0.25, 0.3) is 0 Å². The van der Waals surface area contributed by atoms with Gasteiger partial charge >= 0.3 is 5.69 Å². The van der Waals surface area contributed by atoms with Crippen LogP contribution in [0.1, 0.15) is 35.7 Å². The van der Waals surface area contributed by atoms with Gasteiger partial charge in [-0.05, 0) is 36.2 Å². The Labute approximate surface area is 162 Å². The lowest BCUT2D eigenvalue weighted by Gasteiger charge is -2.07. The SMILES string of the molecule is CCCCn1c(SCc2cccc(C(=O)Nc3ccccc3)c2)n[nH]c1=O. The molecule has 0 saturated carbocycles. The highest BCUT2D eigenvalue weighted by Crippen LogP contribution is 2.21. The molecule has 0 saturated heterocycles. The average molecular weight is 382 g/mol. The van der Waals surface area contributed by atoms with Gasteiger partial charge in [0.2, 0.25) is 0 Å². The summed E-state index contributed by atoms with van der Waals surface area (Å²) in [6.45, 7) is 2.75. The largest absolute Gasteiger partial charge is 0.343 e. The molecule has 0 bridgehead atoms. The van der Waals surface area contributed by atoms with E-state index in [9.17, 15) is 9.59 Å². The van der Waals surface area contributed by atoms with Gasteiger partial charge in [0.25, 0.3) is 5.91 Å². The Balaban J connectivity index is 1.66. The molecule has 0 spiro atoms. The number of rotatable bonds is 8. The van der Waals surface area contributed by atoms with Crippen LogP contribution < -0.4 is 11.0 Å². The summed E-state index contributed by atoms with van der Waals surface area (Å²) in [5.41, 5.74) is 2.18. The molecule has 3 rings (SSSR count). The normalized spacial score (nSPS) is 10.7. The fourth-order valence-corrected chi connectivity index (χ4v) is 3.52. The molecule has 0 atom stereocenters. The first-order valence-corrected chi connectivity index (χ1v) is 9.89. The molecule has 3 aromatic rings. The van der Waals surface area contributed by atoms with Crippen molar-refractivity contribution < 1.29 is 4.79 Å². The van der Waals surface area contributed by atoms with E-state index in [1.54, 1.807) is 10.6 Å². The molecule has 140 valence electrons. The van der Waals surface area contributed by atoms with E-state index in [0.717, 1.165) is 24.1 Å². The molecular weight excluding hydrogens is 360 g/mol. The number of hydrogen-bond acceptors (Lipinski definition) is 4. The van der Waals surface area contributed by atoms with E-state index in [1.807, 2.05) is 48.5 Å². The minimum absolute atomic E-state index is 0.146. The zero-order valence-corrected chi connectivity index (χ0v) is 16.0. The molecule has 1 aromatic heterocycles. The van der Waals surface area contributed by atoms with Crippen molar-refractivity contribution in [2.24, 2.45) is 0 Å². The lowest BCUT2D eigenvalue weighted by atomic mass is 10.1. The minimum atomic E-state index is -0.179. The van der Waals surface area contributed by atoms with Crippen molar-refractivity contribution in [3.8, 4) is 0 Å². The van der Waals surface area contributed by atoms with Crippen molar-refractivity contribution in [1.82, 2.24) is 14.8 Å². The summed E-state index contributed by atoms with van der Waals surface area (Å²) in [5, 5.41) is 10.2. The summed E-state index contributed by atoms with van der Waals surface area (Å²) in [6, 6.07) is 16.9. The van der Waals surface area contributed by atoms with E-state index in [1.165, 1.54) is 11.8 Å². The molecule has 0 radical (unpaired) electrons. The van der Waals surface area contributed by atoms with Crippen LogP contribution in [0.5, 0.6) is 0 Å². The van der Waals surface area contributed by atoms with E-state index >= 15 is 0 Å². The van der Waals surface area contributed by atoms with E-state index in [2.05, 4.69) is 22.4 Å². The highest BCUT2D eigenvalue weighted by Gasteiger charge is 2.10. The number of benzene rings is 2. The average Bonchev–Trinajstić information content (AvgIpc) is 3.05. The van der Waals surface area contributed by atoms with E-state index < -0.39 is 0 Å². The zero-order chi connectivity index (χ0) is 19.1. The molecule has 0 aliphatic carbocycles. The molecular formula is C20H22N4O2S. The zero-order valence-electron chi connectivity index (χ0n) is 15.1. The third kappa shape index (κ3) is 5.10. The molecule has 0 aliphatic heterocycles. The monoisotopic (exact) mass is 382 g/mol. The van der Waals surface area contributed by atoms with Crippen molar-refractivity contribution in [3.63, 3.8) is 0 Å². The Morgan fingerprint density at radius 3 is 2.78 bits per heavy atom. The van der Waals surface area contributed by atoms with Gasteiger partial charge in [-0.2, -0.15) is 0 Å². The molecule has 1 heterocycles. The van der Waals surface area contributed by atoms with Crippen molar-refractivity contribution in [2.75, 3.05) is 5.32 Å². The molecule has 7 heteroatoms. The molecule has 2 aromatic carbocycles. The number of aromatic amines is 1. The minimum Gasteiger partial charge on any atom is -0.322 e. The molecule has 0 fully saturated rings. The van der Waals surface area contributed by atoms with Gasteiger partial charge in [0, 0.05) is 23.5 Å². The number of para-hydroxylation sites is 1. The van der Waals surface area contributed by atoms with Crippen LogP contribution in [-0.2, 0) is 12.3 Å². The Hall–Kier alpha value is -2.80. The van der Waals surface area contributed by atoms with E-state index in [-0.39, 0.29) is 11.6 Å². The smallest absolute Gasteiger partial charge is 0.322 e. The number of unbranched alkanes of at least 4 members (excludes halogenated alkanes) is 1. The highest BCUT2D eigenvalue weighted by molar-refractivity contribution is 7.98. The number of nitrogens with zero attached hydrogens (tertiary/aromatic N) is 2. The van der Waals surface area contributed by atoms with Crippen LogP contribution in [0.15, 0.2) is 64.5 Å². The van der Waals surface area contributed by atoms with Gasteiger partial charge in [0.05, 0.1) is 0 Å². The third-order valence-electron chi connectivity index (χ3n) is 4.05. The molecule has 1 amide bonds. The van der Waals surface area contributed by atoms with Crippen LogP contribution in [0.2, 0.25) is 0 Å². The van der Waals surface area contributed by atoms with Crippen molar-refractivity contribution in [2.45, 2.75) is 37.2 Å². The Morgan fingerprint density at radius 1 is 1.19 bits per heavy atom. The number of aromatic nitrogens is 3. The van der Waals surface area contributed by atoms with Gasteiger partial charge < -0.3 is 5.32 Å². The first-order valence-electron chi connectivity index (χ1n) is 8.90. The summed E-state index contributed by atoms with van der Waals surface area (Å²) in [7, 11) is 0. The first kappa shape index (κ1) is 19.0. The van der Waals surface area contributed by atoms with Crippen molar-refractivity contribution in [3.05, 3.63) is 76.2 Å². The summed E-state index contributed by atoms with van der Waals surface area (Å²) in [5.74, 6) is 0.482. The summed E-state index contributed by atoms with van der Waals surface area (Å²) in [4.78, 5) is 24.3. The van der Waals surface area contributed by atoms with Crippen LogP contribution in [0.3, 0.4) is 0 Å². The second-order valence-electron chi connectivity index (χ2n) is 6.13. The van der Waals surface area contributed by atoms with Gasteiger partial charge in [-0.15, -0.1) is 5.10 Å². The van der Waals surface area contributed by atoms with Gasteiger partial charge in [-0.25, -0.2) is 9.89 Å². The number of thioether (sulfide) groups is 1. The Kier molecular flexibility index (Phi) is 6.49. The number of nitrogens with one attached hydrogen (secondary N) is 2. The van der Waals surface area contributed by atoms with Gasteiger partial charge in [-0.1, -0.05) is 55.4 Å². The predicted octanol–water partition coefficient (Wildman–Crippen LogP) is 3.92. The highest BCUT2D eigenvalue weighted by atomic mass is 32.2. The maximum Gasteiger partial charge on any atom is 0.343 e. The number of carbonyl (C=O) groups is 1. The third-order valence-corrected chi connectivity index (χ3v) is 5.09. The quantitative estimate of drug-likeness (QED) is 0.579. The second kappa shape index (κ2) is 9.23. The molecule has 27 heavy (non-hydrogen) atoms. The van der Waals surface area contributed by atoms with E-state index in [0.29, 0.717) is 23.0 Å². The van der Waals surface area contributed by atoms with Gasteiger partial charge in [-0.3, -0.25) is 9.36 Å². The lowest BCUT2D eigenvalue weighted by molar-refractivity contribution is 0.102. The van der Waals surface area contributed by atoms with Gasteiger partial charge in [0.15, 0.2) is 5.16 Å². The number of carbonyl (C=O) groups excluding carboxylic acids is 1. The van der Waals surface area contributed by atoms with Crippen LogP contribution in [0, 0.1) is 0 Å². The van der Waals surface area contributed by atoms with Crippen molar-refractivity contribution in [1.29, 1.82) is 0 Å². The number of amides is 1. The fraction of sp³-hybridized carbons (Fsp3) is 0.250. The molecule has 2 N–H and O–H groups in total. The number of H-pyrrole nitrogens is 1. The first-order chi connectivity index (χ1) is 13.2. The number of anilines is 1. The van der Waals surface area contributed by atoms with E-state index in [4.69, 9.17) is 0 Å². The standard InChI is InChI=1S/C20H22N4O2S/c1-2-3-12-24-19(26)22-23-20(24)27-14-15-8-7-9-16(13-15)18(25)21-17-10-5-4-6-11-17/h4-11,13H,2-3,12,14H2,1H3,(H,21,25)(H,22,26). The fourth-order valence-electron chi connectivity index (χ4n) is 2.60. The summed E-state index contributed by atoms with van der Waals surface area (Å²) < 4.78 is 1.67. The molecule has 0 unspecified atom stereocenters. The van der Waals surface area contributed by atoms with Crippen LogP contribution in [0.4, 0.5) is 5.69 Å². The Morgan fingerprint density at radius 2 is 2.00 bits per heavy atom.